The molecule has 0 atom stereocenters. The molecular weight excluding hydrogens is 374 g/mol. The van der Waals surface area contributed by atoms with E-state index in [-0.39, 0.29) is 12.7 Å². The zero-order chi connectivity index (χ0) is 20.2. The Bertz CT molecular complexity index is 1080. The summed E-state index contributed by atoms with van der Waals surface area (Å²) in [5.74, 6) is 0.518. The van der Waals surface area contributed by atoms with Crippen molar-refractivity contribution in [3.8, 4) is 11.5 Å². The van der Waals surface area contributed by atoms with Crippen LogP contribution in [0.3, 0.4) is 0 Å². The number of pyridine rings is 1. The van der Waals surface area contributed by atoms with Crippen LogP contribution in [0.15, 0.2) is 60.9 Å². The minimum atomic E-state index is -0.474. The van der Waals surface area contributed by atoms with Crippen molar-refractivity contribution >= 4 is 28.9 Å². The number of nitrogens with zero attached hydrogens (tertiary/aromatic N) is 1. The van der Waals surface area contributed by atoms with Crippen LogP contribution in [-0.4, -0.2) is 30.8 Å². The van der Waals surface area contributed by atoms with Crippen LogP contribution >= 0.6 is 0 Å². The third kappa shape index (κ3) is 4.11. The summed E-state index contributed by atoms with van der Waals surface area (Å²) in [4.78, 5) is 28.4. The van der Waals surface area contributed by atoms with Gasteiger partial charge in [-0.15, -0.1) is 0 Å². The Morgan fingerprint density at radius 3 is 2.62 bits per heavy atom. The highest BCUT2D eigenvalue weighted by atomic mass is 16.7. The molecule has 8 heteroatoms. The average molecular weight is 391 g/mol. The molecule has 0 spiro atoms. The maximum atomic E-state index is 12.6. The monoisotopic (exact) mass is 391 g/mol. The molecule has 146 valence electrons. The molecule has 0 saturated carbocycles. The first-order valence-electron chi connectivity index (χ1n) is 8.74. The quantitative estimate of drug-likeness (QED) is 0.641. The van der Waals surface area contributed by atoms with Gasteiger partial charge in [0.15, 0.2) is 11.5 Å². The standard InChI is InChI=1S/C21H17N3O5/c1-27-21(26)13-3-2-4-15(7-13)24-20(25)14-8-17(11-22-10-14)23-16-5-6-18-19(9-16)29-12-28-18/h2-11,23H,12H2,1H3,(H,24,25). The fourth-order valence-electron chi connectivity index (χ4n) is 2.82. The average Bonchev–Trinajstić information content (AvgIpc) is 3.21. The molecule has 1 aliphatic rings. The van der Waals surface area contributed by atoms with E-state index in [0.717, 1.165) is 5.69 Å². The number of carbonyl (C=O) groups excluding carboxylic acids is 2. The lowest BCUT2D eigenvalue weighted by Gasteiger charge is -2.10. The minimum Gasteiger partial charge on any atom is -0.465 e. The van der Waals surface area contributed by atoms with Gasteiger partial charge in [-0.1, -0.05) is 6.07 Å². The number of fused-ring (bicyclic) bond motifs is 1. The summed E-state index contributed by atoms with van der Waals surface area (Å²) in [5, 5.41) is 5.94. The van der Waals surface area contributed by atoms with Gasteiger partial charge >= 0.3 is 5.97 Å². The van der Waals surface area contributed by atoms with Crippen LogP contribution in [0.5, 0.6) is 11.5 Å². The lowest BCUT2D eigenvalue weighted by atomic mass is 10.2. The number of ether oxygens (including phenoxy) is 3. The summed E-state index contributed by atoms with van der Waals surface area (Å²) in [6.45, 7) is 0.202. The highest BCUT2D eigenvalue weighted by molar-refractivity contribution is 6.05. The van der Waals surface area contributed by atoms with Crippen LogP contribution in [0.2, 0.25) is 0 Å². The largest absolute Gasteiger partial charge is 0.465 e. The van der Waals surface area contributed by atoms with Crippen LogP contribution < -0.4 is 20.1 Å². The number of hydrogen-bond acceptors (Lipinski definition) is 7. The smallest absolute Gasteiger partial charge is 0.337 e. The molecule has 3 aromatic rings. The third-order valence-corrected chi connectivity index (χ3v) is 4.20. The van der Waals surface area contributed by atoms with E-state index in [1.54, 1.807) is 36.5 Å². The van der Waals surface area contributed by atoms with Crippen LogP contribution in [0, 0.1) is 0 Å². The number of rotatable bonds is 5. The number of methoxy groups -OCH3 is 1. The Balaban J connectivity index is 1.48. The van der Waals surface area contributed by atoms with Crippen molar-refractivity contribution in [2.24, 2.45) is 0 Å². The van der Waals surface area contributed by atoms with Gasteiger partial charge in [0, 0.05) is 23.6 Å². The van der Waals surface area contributed by atoms with Crippen molar-refractivity contribution in [2.75, 3.05) is 24.5 Å². The molecular formula is C21H17N3O5. The summed E-state index contributed by atoms with van der Waals surface area (Å²) < 4.78 is 15.4. The summed E-state index contributed by atoms with van der Waals surface area (Å²) >= 11 is 0. The number of benzene rings is 2. The van der Waals surface area contributed by atoms with Crippen molar-refractivity contribution in [1.29, 1.82) is 0 Å². The van der Waals surface area contributed by atoms with E-state index < -0.39 is 5.97 Å². The lowest BCUT2D eigenvalue weighted by molar-refractivity contribution is 0.0600. The molecule has 0 saturated heterocycles. The Labute approximate surface area is 166 Å². The maximum Gasteiger partial charge on any atom is 0.337 e. The van der Waals surface area contributed by atoms with E-state index in [0.29, 0.717) is 34.0 Å². The zero-order valence-electron chi connectivity index (χ0n) is 15.5. The summed E-state index contributed by atoms with van der Waals surface area (Å²) in [6.07, 6.45) is 3.07. The molecule has 1 amide bonds. The molecule has 0 fully saturated rings. The molecule has 1 aliphatic heterocycles. The van der Waals surface area contributed by atoms with E-state index in [1.807, 2.05) is 18.2 Å². The van der Waals surface area contributed by atoms with Crippen molar-refractivity contribution in [2.45, 2.75) is 0 Å². The number of anilines is 3. The first-order chi connectivity index (χ1) is 14.1. The zero-order valence-corrected chi connectivity index (χ0v) is 15.5. The second-order valence-corrected chi connectivity index (χ2v) is 6.18. The first-order valence-corrected chi connectivity index (χ1v) is 8.74. The second kappa shape index (κ2) is 7.89. The Morgan fingerprint density at radius 2 is 1.76 bits per heavy atom. The predicted octanol–water partition coefficient (Wildman–Crippen LogP) is 3.59. The molecule has 2 N–H and O–H groups in total. The molecule has 1 aromatic heterocycles. The molecule has 0 aliphatic carbocycles. The predicted molar refractivity (Wildman–Crippen MR) is 106 cm³/mol. The van der Waals surface area contributed by atoms with Crippen molar-refractivity contribution < 1.29 is 23.8 Å². The number of hydrogen-bond donors (Lipinski definition) is 2. The van der Waals surface area contributed by atoms with Gasteiger partial charge in [0.1, 0.15) is 0 Å². The molecule has 2 aromatic carbocycles. The van der Waals surface area contributed by atoms with Gasteiger partial charge < -0.3 is 24.8 Å². The van der Waals surface area contributed by atoms with Gasteiger partial charge in [-0.05, 0) is 36.4 Å². The van der Waals surface area contributed by atoms with Gasteiger partial charge in [0.25, 0.3) is 5.91 Å². The van der Waals surface area contributed by atoms with E-state index in [1.165, 1.54) is 13.3 Å². The van der Waals surface area contributed by atoms with Crippen molar-refractivity contribution in [3.05, 3.63) is 72.1 Å². The normalized spacial score (nSPS) is 11.6. The maximum absolute atomic E-state index is 12.6. The fraction of sp³-hybridized carbons (Fsp3) is 0.0952. The SMILES string of the molecule is COC(=O)c1cccc(NC(=O)c2cncc(Nc3ccc4c(c3)OCO4)c2)c1. The molecule has 0 bridgehead atoms. The topological polar surface area (TPSA) is 98.8 Å². The molecule has 0 radical (unpaired) electrons. The van der Waals surface area contributed by atoms with Gasteiger partial charge in [0.2, 0.25) is 6.79 Å². The Hall–Kier alpha value is -4.07. The van der Waals surface area contributed by atoms with Gasteiger partial charge in [-0.2, -0.15) is 0 Å². The summed E-state index contributed by atoms with van der Waals surface area (Å²) in [5.41, 5.74) is 2.60. The van der Waals surface area contributed by atoms with E-state index in [4.69, 9.17) is 14.2 Å². The number of amides is 1. The summed E-state index contributed by atoms with van der Waals surface area (Å²) in [6, 6.07) is 13.7. The van der Waals surface area contributed by atoms with Crippen LogP contribution in [0.1, 0.15) is 20.7 Å². The molecule has 8 nitrogen and oxygen atoms in total. The third-order valence-electron chi connectivity index (χ3n) is 4.20. The minimum absolute atomic E-state index is 0.202. The number of carbonyl (C=O) groups is 2. The van der Waals surface area contributed by atoms with E-state index in [9.17, 15) is 9.59 Å². The Morgan fingerprint density at radius 1 is 0.931 bits per heavy atom. The number of aromatic nitrogens is 1. The highest BCUT2D eigenvalue weighted by Gasteiger charge is 2.14. The van der Waals surface area contributed by atoms with Crippen LogP contribution in [0.25, 0.3) is 0 Å². The van der Waals surface area contributed by atoms with Gasteiger partial charge in [-0.25, -0.2) is 4.79 Å². The first kappa shape index (κ1) is 18.3. The van der Waals surface area contributed by atoms with Crippen molar-refractivity contribution in [1.82, 2.24) is 4.98 Å². The van der Waals surface area contributed by atoms with E-state index in [2.05, 4.69) is 15.6 Å². The van der Waals surface area contributed by atoms with Gasteiger partial charge in [0.05, 0.1) is 30.1 Å². The highest BCUT2D eigenvalue weighted by Crippen LogP contribution is 2.35. The molecule has 4 rings (SSSR count). The Kier molecular flexibility index (Phi) is 4.98. The van der Waals surface area contributed by atoms with Crippen LogP contribution in [-0.2, 0) is 4.74 Å². The molecule has 29 heavy (non-hydrogen) atoms. The molecule has 2 heterocycles. The number of nitrogens with one attached hydrogen (secondary N) is 2. The molecule has 0 unspecified atom stereocenters. The van der Waals surface area contributed by atoms with Crippen molar-refractivity contribution in [3.63, 3.8) is 0 Å². The fourth-order valence-corrected chi connectivity index (χ4v) is 2.82. The van der Waals surface area contributed by atoms with E-state index >= 15 is 0 Å². The van der Waals surface area contributed by atoms with Crippen LogP contribution in [0.4, 0.5) is 17.1 Å². The van der Waals surface area contributed by atoms with Gasteiger partial charge in [-0.3, -0.25) is 9.78 Å². The second-order valence-electron chi connectivity index (χ2n) is 6.18. The summed E-state index contributed by atoms with van der Waals surface area (Å²) in [7, 11) is 1.30. The number of esters is 1. The lowest BCUT2D eigenvalue weighted by Crippen LogP contribution is -2.13.